The summed E-state index contributed by atoms with van der Waals surface area (Å²) in [5.74, 6) is -0.0528. The summed E-state index contributed by atoms with van der Waals surface area (Å²) in [4.78, 5) is 15.2. The van der Waals surface area contributed by atoms with Crippen molar-refractivity contribution in [1.82, 2.24) is 15.5 Å². The number of carbonyl (C=O) groups is 1. The van der Waals surface area contributed by atoms with E-state index in [2.05, 4.69) is 27.7 Å². The van der Waals surface area contributed by atoms with Gasteiger partial charge in [-0.15, -0.1) is 0 Å². The normalized spacial score (nSPS) is 21.3. The summed E-state index contributed by atoms with van der Waals surface area (Å²) in [7, 11) is 1.59. The number of halogens is 3. The Balaban J connectivity index is 1.45. The number of carbonyl (C=O) groups excluding carboxylic acids is 1. The standard InChI is InChI=1S/C25H30F3N3O2/c1-33-11-10-29-24(32)23-14-20(30-15-19-8-4-5-9-22(19)25(26,27)28)16-31(23)21-12-17-6-2-3-7-18(17)13-21/h2-9,20-21,23,30H,10-16H2,1H3,(H,29,32)/t20-,23-/m0/s1. The van der Waals surface area contributed by atoms with Crippen LogP contribution in [0.3, 0.4) is 0 Å². The van der Waals surface area contributed by atoms with Crippen LogP contribution in [0.25, 0.3) is 0 Å². The molecule has 0 saturated carbocycles. The van der Waals surface area contributed by atoms with Gasteiger partial charge in [-0.05, 0) is 42.0 Å². The van der Waals surface area contributed by atoms with Crippen LogP contribution in [0.15, 0.2) is 48.5 Å². The van der Waals surface area contributed by atoms with Crippen LogP contribution in [-0.4, -0.2) is 55.7 Å². The van der Waals surface area contributed by atoms with E-state index in [1.165, 1.54) is 23.3 Å². The van der Waals surface area contributed by atoms with Gasteiger partial charge in [0, 0.05) is 38.8 Å². The quantitative estimate of drug-likeness (QED) is 0.593. The van der Waals surface area contributed by atoms with Gasteiger partial charge in [-0.1, -0.05) is 42.5 Å². The molecule has 0 bridgehead atoms. The lowest BCUT2D eigenvalue weighted by Crippen LogP contribution is -2.48. The molecule has 8 heteroatoms. The first-order chi connectivity index (χ1) is 15.9. The molecule has 2 atom stereocenters. The molecular formula is C25H30F3N3O2. The Kier molecular flexibility index (Phi) is 7.36. The molecule has 4 rings (SSSR count). The van der Waals surface area contributed by atoms with Crippen molar-refractivity contribution in [1.29, 1.82) is 0 Å². The molecule has 0 radical (unpaired) electrons. The molecule has 1 saturated heterocycles. The summed E-state index contributed by atoms with van der Waals surface area (Å²) in [6, 6.07) is 13.8. The number of benzene rings is 2. The van der Waals surface area contributed by atoms with Gasteiger partial charge in [-0.2, -0.15) is 13.2 Å². The highest BCUT2D eigenvalue weighted by atomic mass is 19.4. The number of likely N-dealkylation sites (tertiary alicyclic amines) is 1. The number of methoxy groups -OCH3 is 1. The topological polar surface area (TPSA) is 53.6 Å². The summed E-state index contributed by atoms with van der Waals surface area (Å²) in [6.45, 7) is 1.59. The molecule has 33 heavy (non-hydrogen) atoms. The Labute approximate surface area is 192 Å². The number of ether oxygens (including phenoxy) is 1. The zero-order valence-electron chi connectivity index (χ0n) is 18.7. The SMILES string of the molecule is COCCNC(=O)[C@@H]1C[C@H](NCc2ccccc2C(F)(F)F)CN1C1Cc2ccccc2C1. The minimum atomic E-state index is -4.39. The summed E-state index contributed by atoms with van der Waals surface area (Å²) in [5, 5.41) is 6.23. The van der Waals surface area contributed by atoms with Crippen molar-refractivity contribution < 1.29 is 22.7 Å². The fourth-order valence-corrected chi connectivity index (χ4v) is 5.04. The van der Waals surface area contributed by atoms with Crippen LogP contribution in [-0.2, 0) is 35.1 Å². The number of amides is 1. The highest BCUT2D eigenvalue weighted by Gasteiger charge is 2.42. The van der Waals surface area contributed by atoms with Gasteiger partial charge in [-0.25, -0.2) is 0 Å². The van der Waals surface area contributed by atoms with Crippen LogP contribution in [0.4, 0.5) is 13.2 Å². The van der Waals surface area contributed by atoms with E-state index in [0.29, 0.717) is 26.1 Å². The third-order valence-electron chi connectivity index (χ3n) is 6.65. The molecule has 0 aromatic heterocycles. The van der Waals surface area contributed by atoms with E-state index in [1.807, 2.05) is 12.1 Å². The molecule has 1 aliphatic heterocycles. The number of hydrogen-bond donors (Lipinski definition) is 2. The monoisotopic (exact) mass is 461 g/mol. The van der Waals surface area contributed by atoms with E-state index in [9.17, 15) is 18.0 Å². The average Bonchev–Trinajstić information content (AvgIpc) is 3.41. The molecule has 1 heterocycles. The molecule has 1 aliphatic carbocycles. The van der Waals surface area contributed by atoms with Crippen molar-refractivity contribution in [2.24, 2.45) is 0 Å². The highest BCUT2D eigenvalue weighted by Crippen LogP contribution is 2.33. The number of alkyl halides is 3. The van der Waals surface area contributed by atoms with Crippen molar-refractivity contribution >= 4 is 5.91 Å². The first-order valence-electron chi connectivity index (χ1n) is 11.3. The van der Waals surface area contributed by atoms with Crippen molar-refractivity contribution in [3.63, 3.8) is 0 Å². The molecular weight excluding hydrogens is 431 g/mol. The van der Waals surface area contributed by atoms with Crippen molar-refractivity contribution in [3.8, 4) is 0 Å². The maximum Gasteiger partial charge on any atom is 0.416 e. The Hall–Kier alpha value is -2.42. The van der Waals surface area contributed by atoms with Gasteiger partial charge >= 0.3 is 6.18 Å². The molecule has 0 spiro atoms. The predicted octanol–water partition coefficient (Wildman–Crippen LogP) is 3.17. The smallest absolute Gasteiger partial charge is 0.383 e. The maximum absolute atomic E-state index is 13.4. The molecule has 5 nitrogen and oxygen atoms in total. The number of hydrogen-bond acceptors (Lipinski definition) is 4. The minimum Gasteiger partial charge on any atom is -0.383 e. The van der Waals surface area contributed by atoms with Gasteiger partial charge in [0.05, 0.1) is 18.2 Å². The number of nitrogens with zero attached hydrogens (tertiary/aromatic N) is 1. The van der Waals surface area contributed by atoms with Crippen LogP contribution in [0.2, 0.25) is 0 Å². The highest BCUT2D eigenvalue weighted by molar-refractivity contribution is 5.82. The predicted molar refractivity (Wildman–Crippen MR) is 120 cm³/mol. The average molecular weight is 462 g/mol. The molecule has 2 aromatic rings. The summed E-state index contributed by atoms with van der Waals surface area (Å²) >= 11 is 0. The molecule has 178 valence electrons. The molecule has 1 fully saturated rings. The van der Waals surface area contributed by atoms with Gasteiger partial charge in [0.2, 0.25) is 5.91 Å². The zero-order chi connectivity index (χ0) is 23.4. The number of nitrogens with one attached hydrogen (secondary N) is 2. The molecule has 2 aromatic carbocycles. The molecule has 1 amide bonds. The largest absolute Gasteiger partial charge is 0.416 e. The van der Waals surface area contributed by atoms with Crippen LogP contribution < -0.4 is 10.6 Å². The Morgan fingerprint density at radius 2 is 1.76 bits per heavy atom. The number of rotatable bonds is 8. The lowest BCUT2D eigenvalue weighted by atomic mass is 10.1. The van der Waals surface area contributed by atoms with E-state index in [0.717, 1.165) is 18.9 Å². The lowest BCUT2D eigenvalue weighted by molar-refractivity contribution is -0.138. The molecule has 2 aliphatic rings. The van der Waals surface area contributed by atoms with E-state index in [-0.39, 0.29) is 36.1 Å². The van der Waals surface area contributed by atoms with Gasteiger partial charge in [-0.3, -0.25) is 9.69 Å². The third-order valence-corrected chi connectivity index (χ3v) is 6.65. The summed E-state index contributed by atoms with van der Waals surface area (Å²) < 4.78 is 45.1. The first-order valence-corrected chi connectivity index (χ1v) is 11.3. The van der Waals surface area contributed by atoms with Crippen LogP contribution >= 0.6 is 0 Å². The van der Waals surface area contributed by atoms with Crippen LogP contribution in [0, 0.1) is 0 Å². The third kappa shape index (κ3) is 5.57. The summed E-state index contributed by atoms with van der Waals surface area (Å²) in [5.41, 5.74) is 2.21. The van der Waals surface area contributed by atoms with Gasteiger partial charge in [0.25, 0.3) is 0 Å². The fourth-order valence-electron chi connectivity index (χ4n) is 5.04. The van der Waals surface area contributed by atoms with Crippen molar-refractivity contribution in [2.45, 2.75) is 50.1 Å². The zero-order valence-corrected chi connectivity index (χ0v) is 18.7. The lowest BCUT2D eigenvalue weighted by Gasteiger charge is -2.29. The maximum atomic E-state index is 13.4. The van der Waals surface area contributed by atoms with Gasteiger partial charge < -0.3 is 15.4 Å². The second kappa shape index (κ2) is 10.2. The van der Waals surface area contributed by atoms with E-state index in [4.69, 9.17) is 4.74 Å². The van der Waals surface area contributed by atoms with Crippen LogP contribution in [0.5, 0.6) is 0 Å². The number of fused-ring (bicyclic) bond motifs is 1. The second-order valence-corrected chi connectivity index (χ2v) is 8.80. The van der Waals surface area contributed by atoms with Crippen molar-refractivity contribution in [2.75, 3.05) is 26.8 Å². The minimum absolute atomic E-state index is 0.0528. The Morgan fingerprint density at radius 1 is 1.09 bits per heavy atom. The Morgan fingerprint density at radius 3 is 2.42 bits per heavy atom. The van der Waals surface area contributed by atoms with E-state index in [1.54, 1.807) is 13.2 Å². The molecule has 2 N–H and O–H groups in total. The second-order valence-electron chi connectivity index (χ2n) is 8.80. The summed E-state index contributed by atoms with van der Waals surface area (Å²) in [6.07, 6.45) is -2.08. The molecule has 0 unspecified atom stereocenters. The Bertz CT molecular complexity index is 941. The van der Waals surface area contributed by atoms with E-state index < -0.39 is 11.7 Å². The van der Waals surface area contributed by atoms with Crippen LogP contribution in [0.1, 0.15) is 28.7 Å². The fraction of sp³-hybridized carbons (Fsp3) is 0.480. The van der Waals surface area contributed by atoms with Gasteiger partial charge in [0.1, 0.15) is 0 Å². The van der Waals surface area contributed by atoms with E-state index >= 15 is 0 Å². The van der Waals surface area contributed by atoms with Crippen molar-refractivity contribution in [3.05, 3.63) is 70.8 Å². The van der Waals surface area contributed by atoms with Gasteiger partial charge in [0.15, 0.2) is 0 Å². The first kappa shape index (κ1) is 23.7.